The summed E-state index contributed by atoms with van der Waals surface area (Å²) in [5.74, 6) is 0. The van der Waals surface area contributed by atoms with Gasteiger partial charge in [-0.15, -0.1) is 0 Å². The van der Waals surface area contributed by atoms with Gasteiger partial charge in [-0.2, -0.15) is 0 Å². The van der Waals surface area contributed by atoms with E-state index in [0.29, 0.717) is 0 Å². The van der Waals surface area contributed by atoms with E-state index in [1.165, 1.54) is 0 Å². The zero-order valence-corrected chi connectivity index (χ0v) is 3.42. The van der Waals surface area contributed by atoms with E-state index in [1.54, 1.807) is 0 Å². The summed E-state index contributed by atoms with van der Waals surface area (Å²) in [7, 11) is 4.83. The second-order valence-corrected chi connectivity index (χ2v) is 3.75. The Hall–Kier alpha value is 0.580. The second-order valence-electron chi connectivity index (χ2n) is 0.921. The number of halogens is 2. The van der Waals surface area contributed by atoms with Gasteiger partial charge in [-0.25, -0.2) is 0 Å². The van der Waals surface area contributed by atoms with Crippen LogP contribution in [0.4, 0.5) is 0 Å². The molecule has 2 rings (SSSR count). The molecule has 2 fully saturated rings. The molecule has 0 saturated carbocycles. The van der Waals surface area contributed by atoms with Crippen LogP contribution in [0, 0.1) is 21.6 Å². The Morgan fingerprint density at radius 3 is 1.25 bits per heavy atom. The molecular formula is C2H2Cl2+2. The van der Waals surface area contributed by atoms with E-state index >= 15 is 0 Å². The molecule has 0 atom stereocenters. The van der Waals surface area contributed by atoms with Gasteiger partial charge in [0, 0.05) is 0 Å². The van der Waals surface area contributed by atoms with Crippen molar-refractivity contribution in [1.82, 2.24) is 0 Å². The average Bonchev–Trinajstić information content (AvgIpc) is 1.36. The van der Waals surface area contributed by atoms with E-state index in [-0.39, 0.29) is 0 Å². The van der Waals surface area contributed by atoms with Gasteiger partial charge >= 0.3 is 9.67 Å². The molecule has 2 saturated heterocycles. The van der Waals surface area contributed by atoms with Gasteiger partial charge in [-0.1, -0.05) is 0 Å². The minimum absolute atomic E-state index is 0.972. The molecule has 0 aromatic carbocycles. The minimum atomic E-state index is 0.972. The number of hydrogen-bond acceptors (Lipinski definition) is 0. The Morgan fingerprint density at radius 2 is 1.25 bits per heavy atom. The van der Waals surface area contributed by atoms with Crippen LogP contribution in [0.2, 0.25) is 0 Å². The van der Waals surface area contributed by atoms with Crippen LogP contribution in [0.3, 0.4) is 0 Å². The molecule has 2 aliphatic heterocycles. The topological polar surface area (TPSA) is 0 Å². The monoisotopic (exact) mass is 96.0 g/mol. The van der Waals surface area contributed by atoms with E-state index in [2.05, 4.69) is 21.6 Å². The van der Waals surface area contributed by atoms with Gasteiger partial charge in [0.2, 0.25) is 0 Å². The third kappa shape index (κ3) is 0.0875. The molecule has 2 heterocycles. The normalized spacial score (nSPS) is 66.0. The van der Waals surface area contributed by atoms with E-state index in [0.717, 1.165) is 9.67 Å². The summed E-state index contributed by atoms with van der Waals surface area (Å²) in [6.07, 6.45) is 0. The van der Waals surface area contributed by atoms with Gasteiger partial charge in [0.25, 0.3) is 21.6 Å². The first-order valence-electron chi connectivity index (χ1n) is 1.21. The van der Waals surface area contributed by atoms with Crippen molar-refractivity contribution in [3.63, 3.8) is 0 Å². The Kier molecular flexibility index (Phi) is 0.153. The van der Waals surface area contributed by atoms with Crippen LogP contribution in [-0.4, -0.2) is 9.67 Å². The minimum Gasteiger partial charge on any atom is 0.293 e. The summed E-state index contributed by atoms with van der Waals surface area (Å²) in [5, 5.41) is 0. The highest BCUT2D eigenvalue weighted by atomic mass is 35.6. The number of alkyl halides is 4. The maximum atomic E-state index is 2.42. The summed E-state index contributed by atoms with van der Waals surface area (Å²) in [6.45, 7) is 0. The molecule has 0 aliphatic carbocycles. The molecule has 4 heavy (non-hydrogen) atoms. The first-order valence-corrected chi connectivity index (χ1v) is 2.95. The molecule has 22 valence electrons. The third-order valence-corrected chi connectivity index (χ3v) is 3.33. The standard InChI is InChI=1S/C2H2Cl2/c3-1-2(3)4-1/h1-2H/q+2. The molecule has 0 aromatic heterocycles. The highest BCUT2D eigenvalue weighted by Crippen LogP contribution is 2.44. The van der Waals surface area contributed by atoms with E-state index in [9.17, 15) is 0 Å². The number of fused-ring (bicyclic) bond motifs is 1. The van der Waals surface area contributed by atoms with Crippen LogP contribution < -0.4 is 0 Å². The molecule has 0 radical (unpaired) electrons. The molecule has 0 unspecified atom stereocenters. The summed E-state index contributed by atoms with van der Waals surface area (Å²) in [6, 6.07) is 0. The quantitative estimate of drug-likeness (QED) is 0.368. The molecule has 0 nitrogen and oxygen atoms in total. The van der Waals surface area contributed by atoms with Crippen molar-refractivity contribution in [3.8, 4) is 0 Å². The van der Waals surface area contributed by atoms with Crippen LogP contribution in [-0.2, 0) is 0 Å². The fourth-order valence-corrected chi connectivity index (χ4v) is 1.42. The lowest BCUT2D eigenvalue weighted by atomic mass is 11.0. The smallest absolute Gasteiger partial charge is 0.293 e. The molecule has 0 spiro atoms. The first-order chi connectivity index (χ1) is 1.97. The van der Waals surface area contributed by atoms with Gasteiger partial charge < -0.3 is 0 Å². The maximum absolute atomic E-state index is 2.42. The fraction of sp³-hybridized carbons (Fsp3) is 1.00. The van der Waals surface area contributed by atoms with Gasteiger partial charge in [-0.3, -0.25) is 0 Å². The van der Waals surface area contributed by atoms with Crippen molar-refractivity contribution >= 4 is 0 Å². The third-order valence-electron chi connectivity index (χ3n) is 0.538. The van der Waals surface area contributed by atoms with Crippen LogP contribution in [0.15, 0.2) is 0 Å². The lowest BCUT2D eigenvalue weighted by Gasteiger charge is -1.19. The van der Waals surface area contributed by atoms with Gasteiger partial charge in [-0.05, 0) is 0 Å². The van der Waals surface area contributed by atoms with Crippen LogP contribution in [0.25, 0.3) is 0 Å². The maximum Gasteiger partial charge on any atom is 0.514 e. The van der Waals surface area contributed by atoms with Crippen LogP contribution in [0.1, 0.15) is 0 Å². The lowest BCUT2D eigenvalue weighted by molar-refractivity contribution is -0.869. The van der Waals surface area contributed by atoms with Crippen molar-refractivity contribution in [2.24, 2.45) is 0 Å². The van der Waals surface area contributed by atoms with Gasteiger partial charge in [0.05, 0.1) is 0 Å². The highest BCUT2D eigenvalue weighted by molar-refractivity contribution is 4.60. The van der Waals surface area contributed by atoms with Crippen molar-refractivity contribution < 1.29 is 21.6 Å². The first kappa shape index (κ1) is 1.89. The molecular weight excluding hydrogens is 94.9 g/mol. The van der Waals surface area contributed by atoms with Crippen LogP contribution >= 0.6 is 0 Å². The SMILES string of the molecule is [Cl+]1C2[Cl+]C12. The predicted octanol–water partition coefficient (Wildman–Crippen LogP) is -0.164. The Labute approximate surface area is 32.0 Å². The second kappa shape index (κ2) is 0.324. The molecule has 2 heteroatoms. The van der Waals surface area contributed by atoms with Crippen molar-refractivity contribution in [3.05, 3.63) is 0 Å². The summed E-state index contributed by atoms with van der Waals surface area (Å²) in [4.78, 5) is 1.94. The summed E-state index contributed by atoms with van der Waals surface area (Å²) >= 11 is 0. The number of rotatable bonds is 0. The zero-order valence-electron chi connectivity index (χ0n) is 1.91. The molecule has 2 aliphatic rings. The molecule has 0 bridgehead atoms. The van der Waals surface area contributed by atoms with E-state index in [1.807, 2.05) is 0 Å². The van der Waals surface area contributed by atoms with E-state index in [4.69, 9.17) is 0 Å². The molecule has 0 amide bonds. The summed E-state index contributed by atoms with van der Waals surface area (Å²) < 4.78 is 0. The zero-order chi connectivity index (χ0) is 2.57. The fourth-order valence-electron chi connectivity index (χ4n) is 0.158. The van der Waals surface area contributed by atoms with Crippen molar-refractivity contribution in [2.75, 3.05) is 0 Å². The van der Waals surface area contributed by atoms with E-state index < -0.39 is 0 Å². The summed E-state index contributed by atoms with van der Waals surface area (Å²) in [5.41, 5.74) is 0. The Balaban J connectivity index is 2.48. The Bertz CT molecular complexity index is 40.0. The average molecular weight is 96.9 g/mol. The van der Waals surface area contributed by atoms with Crippen LogP contribution in [0.5, 0.6) is 0 Å². The predicted molar refractivity (Wildman–Crippen MR) is 7.58 cm³/mol. The Morgan fingerprint density at radius 1 is 1.00 bits per heavy atom. The van der Waals surface area contributed by atoms with Crippen molar-refractivity contribution in [1.29, 1.82) is 0 Å². The lowest BCUT2D eigenvalue weighted by Crippen LogP contribution is -1.64. The molecule has 0 aromatic rings. The van der Waals surface area contributed by atoms with Gasteiger partial charge in [0.15, 0.2) is 0 Å². The van der Waals surface area contributed by atoms with Gasteiger partial charge in [0.1, 0.15) is 0 Å². The highest BCUT2D eigenvalue weighted by Gasteiger charge is 3.00. The number of hydrogen-bond donors (Lipinski definition) is 0. The largest absolute Gasteiger partial charge is 0.514 e. The van der Waals surface area contributed by atoms with Crippen molar-refractivity contribution in [2.45, 2.75) is 9.67 Å². The molecule has 0 N–H and O–H groups in total.